The quantitative estimate of drug-likeness (QED) is 0.265. The van der Waals surface area contributed by atoms with E-state index >= 15 is 0 Å². The maximum absolute atomic E-state index is 11.7. The lowest BCUT2D eigenvalue weighted by Gasteiger charge is -2.44. The maximum atomic E-state index is 11.7. The highest BCUT2D eigenvalue weighted by atomic mass is 16.6. The number of hydrogen-bond acceptors (Lipinski definition) is 11. The van der Waals surface area contributed by atoms with Crippen molar-refractivity contribution in [3.8, 4) is 0 Å². The van der Waals surface area contributed by atoms with Crippen LogP contribution in [-0.4, -0.2) is 82.6 Å². The SMILES string of the molecule is C[C@]1(C(=O)[O-])Nc2c3ncn([C@@H]4O[C@H](CO)[C@@H](O)[C@H]4O)c3nc[n+]2[C@](C)(O)[C@H]1O. The third kappa shape index (κ3) is 2.56. The monoisotopic (exact) mass is 411 g/mol. The summed E-state index contributed by atoms with van der Waals surface area (Å²) in [5.74, 6) is -1.59. The lowest BCUT2D eigenvalue weighted by Crippen LogP contribution is -2.77. The predicted molar refractivity (Wildman–Crippen MR) is 89.6 cm³/mol. The van der Waals surface area contributed by atoms with Crippen LogP contribution in [0.25, 0.3) is 11.2 Å². The van der Waals surface area contributed by atoms with Crippen molar-refractivity contribution < 1.29 is 44.7 Å². The van der Waals surface area contributed by atoms with Crippen LogP contribution in [0, 0.1) is 0 Å². The number of rotatable bonds is 3. The smallest absolute Gasteiger partial charge is 0.256 e. The minimum Gasteiger partial charge on any atom is -0.546 e. The molecule has 1 saturated heterocycles. The summed E-state index contributed by atoms with van der Waals surface area (Å²) in [6, 6.07) is 0. The second-order valence-electron chi connectivity index (χ2n) is 7.63. The van der Waals surface area contributed by atoms with Gasteiger partial charge in [-0.2, -0.15) is 0 Å². The number of hydrogen-bond donors (Lipinski definition) is 6. The highest BCUT2D eigenvalue weighted by Crippen LogP contribution is 2.35. The van der Waals surface area contributed by atoms with Gasteiger partial charge in [0, 0.05) is 6.92 Å². The summed E-state index contributed by atoms with van der Waals surface area (Å²) in [5.41, 5.74) is -3.83. The van der Waals surface area contributed by atoms with E-state index in [0.29, 0.717) is 0 Å². The number of ether oxygens (including phenoxy) is 1. The number of aromatic nitrogens is 4. The Morgan fingerprint density at radius 2 is 2.03 bits per heavy atom. The molecule has 0 radical (unpaired) electrons. The van der Waals surface area contributed by atoms with Crippen molar-refractivity contribution in [1.29, 1.82) is 0 Å². The third-order valence-electron chi connectivity index (χ3n) is 5.67. The Balaban J connectivity index is 1.86. The van der Waals surface area contributed by atoms with Gasteiger partial charge >= 0.3 is 0 Å². The number of nitrogens with zero attached hydrogens (tertiary/aromatic N) is 4. The first-order valence-electron chi connectivity index (χ1n) is 8.84. The fourth-order valence-electron chi connectivity index (χ4n) is 3.85. The molecule has 0 bridgehead atoms. The molecule has 2 aromatic heterocycles. The zero-order chi connectivity index (χ0) is 21.3. The van der Waals surface area contributed by atoms with Crippen LogP contribution in [0.4, 0.5) is 5.82 Å². The third-order valence-corrected chi connectivity index (χ3v) is 5.67. The zero-order valence-electron chi connectivity index (χ0n) is 15.5. The molecule has 7 atom stereocenters. The number of carboxylic acids is 1. The van der Waals surface area contributed by atoms with Gasteiger partial charge in [-0.15, -0.1) is 0 Å². The van der Waals surface area contributed by atoms with Gasteiger partial charge < -0.3 is 40.2 Å². The first-order chi connectivity index (χ1) is 13.5. The van der Waals surface area contributed by atoms with Gasteiger partial charge in [-0.25, -0.2) is 9.55 Å². The summed E-state index contributed by atoms with van der Waals surface area (Å²) in [7, 11) is 0. The van der Waals surface area contributed by atoms with Gasteiger partial charge in [0.25, 0.3) is 5.82 Å². The topological polar surface area (TPSA) is 197 Å². The molecule has 2 aromatic rings. The number of carbonyl (C=O) groups excluding carboxylic acids is 1. The number of nitrogens with one attached hydrogen (secondary N) is 1. The van der Waals surface area contributed by atoms with Crippen LogP contribution in [0.3, 0.4) is 0 Å². The second kappa shape index (κ2) is 6.29. The fourth-order valence-corrected chi connectivity index (χ4v) is 3.85. The minimum atomic E-state index is -2.05. The second-order valence-corrected chi connectivity index (χ2v) is 7.63. The fraction of sp³-hybridized carbons (Fsp3) is 0.625. The van der Waals surface area contributed by atoms with Crippen molar-refractivity contribution in [2.45, 2.75) is 55.8 Å². The van der Waals surface area contributed by atoms with Crippen molar-refractivity contribution in [1.82, 2.24) is 14.5 Å². The van der Waals surface area contributed by atoms with E-state index in [0.717, 1.165) is 4.57 Å². The predicted octanol–water partition coefficient (Wildman–Crippen LogP) is -4.71. The molecule has 4 heterocycles. The Kier molecular flexibility index (Phi) is 4.31. The Bertz CT molecular complexity index is 980. The maximum Gasteiger partial charge on any atom is 0.256 e. The van der Waals surface area contributed by atoms with Gasteiger partial charge in [0.2, 0.25) is 17.7 Å². The first-order valence-corrected chi connectivity index (χ1v) is 8.84. The molecule has 0 unspecified atom stereocenters. The number of imidazole rings is 1. The summed E-state index contributed by atoms with van der Waals surface area (Å²) in [6.07, 6.45) is -4.16. The molecule has 13 heteroatoms. The average molecular weight is 411 g/mol. The van der Waals surface area contributed by atoms with Crippen molar-refractivity contribution in [2.75, 3.05) is 11.9 Å². The number of aliphatic hydroxyl groups excluding tert-OH is 4. The van der Waals surface area contributed by atoms with Gasteiger partial charge in [0.1, 0.15) is 24.6 Å². The molecule has 29 heavy (non-hydrogen) atoms. The zero-order valence-corrected chi connectivity index (χ0v) is 15.5. The summed E-state index contributed by atoms with van der Waals surface area (Å²) >= 11 is 0. The number of carboxylic acid groups (broad SMARTS) is 1. The summed E-state index contributed by atoms with van der Waals surface area (Å²) in [5, 5.41) is 65.1. The van der Waals surface area contributed by atoms with E-state index < -0.39 is 54.5 Å². The molecule has 4 rings (SSSR count). The summed E-state index contributed by atoms with van der Waals surface area (Å²) in [4.78, 5) is 20.0. The van der Waals surface area contributed by atoms with Crippen LogP contribution in [0.1, 0.15) is 20.1 Å². The molecular formula is C16H21N5O8. The highest BCUT2D eigenvalue weighted by molar-refractivity contribution is 5.87. The van der Waals surface area contributed by atoms with Crippen LogP contribution >= 0.6 is 0 Å². The molecular weight excluding hydrogens is 390 g/mol. The normalized spacial score (nSPS) is 39.3. The first kappa shape index (κ1) is 19.9. The van der Waals surface area contributed by atoms with Gasteiger partial charge in [0.05, 0.1) is 12.6 Å². The van der Waals surface area contributed by atoms with E-state index in [2.05, 4.69) is 15.3 Å². The Labute approximate surface area is 163 Å². The van der Waals surface area contributed by atoms with E-state index in [1.54, 1.807) is 0 Å². The molecule has 0 amide bonds. The number of carbonyl (C=O) groups is 1. The van der Waals surface area contributed by atoms with E-state index in [1.807, 2.05) is 0 Å². The Morgan fingerprint density at radius 1 is 1.34 bits per heavy atom. The molecule has 1 fully saturated rings. The van der Waals surface area contributed by atoms with Crippen molar-refractivity contribution >= 4 is 23.0 Å². The van der Waals surface area contributed by atoms with Gasteiger partial charge in [-0.1, -0.05) is 4.98 Å². The molecule has 0 saturated carbocycles. The van der Waals surface area contributed by atoms with Crippen LogP contribution < -0.4 is 15.0 Å². The summed E-state index contributed by atoms with van der Waals surface area (Å²) < 4.78 is 7.94. The van der Waals surface area contributed by atoms with E-state index in [9.17, 15) is 35.4 Å². The number of aliphatic carboxylic acids is 1. The molecule has 0 aliphatic carbocycles. The Hall–Kier alpha value is -2.42. The molecule has 2 aliphatic rings. The number of aliphatic hydroxyl groups is 5. The van der Waals surface area contributed by atoms with Crippen LogP contribution in [0.2, 0.25) is 0 Å². The number of anilines is 1. The van der Waals surface area contributed by atoms with Crippen LogP contribution in [0.5, 0.6) is 0 Å². The van der Waals surface area contributed by atoms with Crippen molar-refractivity contribution in [3.63, 3.8) is 0 Å². The van der Waals surface area contributed by atoms with Gasteiger partial charge in [0.15, 0.2) is 23.4 Å². The van der Waals surface area contributed by atoms with E-state index in [1.165, 1.54) is 31.1 Å². The molecule has 0 spiro atoms. The molecule has 13 nitrogen and oxygen atoms in total. The lowest BCUT2D eigenvalue weighted by molar-refractivity contribution is -0.807. The Morgan fingerprint density at radius 3 is 2.62 bits per heavy atom. The van der Waals surface area contributed by atoms with Gasteiger partial charge in [-0.3, -0.25) is 9.88 Å². The molecule has 6 N–H and O–H groups in total. The highest BCUT2D eigenvalue weighted by Gasteiger charge is 2.56. The largest absolute Gasteiger partial charge is 0.546 e. The molecule has 2 aliphatic heterocycles. The van der Waals surface area contributed by atoms with Crippen LogP contribution in [0.15, 0.2) is 12.7 Å². The van der Waals surface area contributed by atoms with Gasteiger partial charge in [-0.05, 0) is 6.92 Å². The van der Waals surface area contributed by atoms with E-state index in [4.69, 9.17) is 4.74 Å². The van der Waals surface area contributed by atoms with Crippen LogP contribution in [-0.2, 0) is 15.3 Å². The number of fused-ring (bicyclic) bond motifs is 3. The molecule has 0 aromatic carbocycles. The van der Waals surface area contributed by atoms with E-state index in [-0.39, 0.29) is 17.0 Å². The average Bonchev–Trinajstić information content (AvgIpc) is 3.21. The lowest BCUT2D eigenvalue weighted by atomic mass is 9.85. The summed E-state index contributed by atoms with van der Waals surface area (Å²) in [6.45, 7) is 1.88. The van der Waals surface area contributed by atoms with Crippen molar-refractivity contribution in [3.05, 3.63) is 12.7 Å². The minimum absolute atomic E-state index is 0.0440. The van der Waals surface area contributed by atoms with Crippen molar-refractivity contribution in [2.24, 2.45) is 0 Å². The standard InChI is InChI=1S/C16H21N5O8/c1-15(14(26)27)13(25)16(2,28)21-5-18-10-7(11(21)19-15)17-4-20(10)12-9(24)8(23)6(3-22)29-12/h4-6,8-9,12-13,22-25,28H,3H2,1-2H3,(H,26,27)/t6-,8-,9-,12-,13+,15+,16-/m1/s1. The molecule has 158 valence electrons.